The number of esters is 1. The van der Waals surface area contributed by atoms with Crippen molar-refractivity contribution in [3.8, 4) is 11.5 Å². The van der Waals surface area contributed by atoms with Gasteiger partial charge >= 0.3 is 5.97 Å². The summed E-state index contributed by atoms with van der Waals surface area (Å²) in [6.45, 7) is 3.18. The van der Waals surface area contributed by atoms with Gasteiger partial charge in [0.15, 0.2) is 11.5 Å². The van der Waals surface area contributed by atoms with E-state index in [2.05, 4.69) is 0 Å². The van der Waals surface area contributed by atoms with E-state index in [1.807, 2.05) is 6.92 Å². The molecule has 0 N–H and O–H groups in total. The average molecular weight is 395 g/mol. The number of hydrogen-bond acceptors (Lipinski definition) is 6. The van der Waals surface area contributed by atoms with Gasteiger partial charge in [-0.3, -0.25) is 4.79 Å². The van der Waals surface area contributed by atoms with Gasteiger partial charge in [0.05, 0.1) is 11.5 Å². The van der Waals surface area contributed by atoms with Gasteiger partial charge in [-0.05, 0) is 43.7 Å². The second-order valence-electron chi connectivity index (χ2n) is 7.33. The van der Waals surface area contributed by atoms with Crippen LogP contribution in [0.3, 0.4) is 0 Å². The molecule has 3 unspecified atom stereocenters. The van der Waals surface area contributed by atoms with Crippen LogP contribution in [0.5, 0.6) is 11.5 Å². The molecule has 148 valence electrons. The summed E-state index contributed by atoms with van der Waals surface area (Å²) in [7, 11) is -3.83. The molecule has 3 atom stereocenters. The third-order valence-electron chi connectivity index (χ3n) is 5.60. The minimum atomic E-state index is -3.83. The van der Waals surface area contributed by atoms with Crippen molar-refractivity contribution in [3.63, 3.8) is 0 Å². The summed E-state index contributed by atoms with van der Waals surface area (Å²) in [5, 5.41) is 0. The van der Waals surface area contributed by atoms with Gasteiger partial charge in [-0.2, -0.15) is 4.31 Å². The SMILES string of the molecule is CCCCOC(=O)C1C2CCC(C2)N1S(=O)(=O)c1ccc2c(c1)OCCO2. The Morgan fingerprint density at radius 3 is 2.78 bits per heavy atom. The van der Waals surface area contributed by atoms with Crippen molar-refractivity contribution >= 4 is 16.0 Å². The summed E-state index contributed by atoms with van der Waals surface area (Å²) in [6.07, 6.45) is 4.07. The highest BCUT2D eigenvalue weighted by atomic mass is 32.2. The lowest BCUT2D eigenvalue weighted by Gasteiger charge is -2.33. The van der Waals surface area contributed by atoms with Crippen molar-refractivity contribution in [2.45, 2.75) is 56.0 Å². The molecule has 1 aromatic rings. The molecule has 8 heteroatoms. The van der Waals surface area contributed by atoms with Gasteiger partial charge in [0.1, 0.15) is 19.3 Å². The Bertz CT molecular complexity index is 823. The van der Waals surface area contributed by atoms with Crippen molar-refractivity contribution in [3.05, 3.63) is 18.2 Å². The van der Waals surface area contributed by atoms with Crippen LogP contribution < -0.4 is 9.47 Å². The fourth-order valence-electron chi connectivity index (χ4n) is 4.29. The van der Waals surface area contributed by atoms with E-state index in [0.717, 1.165) is 32.1 Å². The van der Waals surface area contributed by atoms with Crippen LogP contribution in [-0.4, -0.2) is 50.6 Å². The maximum Gasteiger partial charge on any atom is 0.324 e. The van der Waals surface area contributed by atoms with Crippen LogP contribution in [0.15, 0.2) is 23.1 Å². The van der Waals surface area contributed by atoms with Crippen LogP contribution in [0.25, 0.3) is 0 Å². The van der Waals surface area contributed by atoms with Crippen molar-refractivity contribution < 1.29 is 27.4 Å². The molecule has 27 heavy (non-hydrogen) atoms. The van der Waals surface area contributed by atoms with Crippen LogP contribution in [0.1, 0.15) is 39.0 Å². The number of hydrogen-bond donors (Lipinski definition) is 0. The minimum absolute atomic E-state index is 0.0381. The van der Waals surface area contributed by atoms with Gasteiger partial charge in [-0.1, -0.05) is 13.3 Å². The third-order valence-corrected chi connectivity index (χ3v) is 7.53. The first-order chi connectivity index (χ1) is 13.0. The smallest absolute Gasteiger partial charge is 0.324 e. The highest BCUT2D eigenvalue weighted by molar-refractivity contribution is 7.89. The van der Waals surface area contributed by atoms with E-state index in [0.29, 0.717) is 31.3 Å². The number of ether oxygens (including phenoxy) is 3. The Kier molecular flexibility index (Phi) is 5.03. The van der Waals surface area contributed by atoms with Crippen molar-refractivity contribution in [1.29, 1.82) is 0 Å². The van der Waals surface area contributed by atoms with Crippen LogP contribution in [0, 0.1) is 5.92 Å². The summed E-state index contributed by atoms with van der Waals surface area (Å²) in [6, 6.07) is 3.77. The first-order valence-electron chi connectivity index (χ1n) is 9.62. The predicted molar refractivity (Wildman–Crippen MR) is 97.2 cm³/mol. The molecule has 0 spiro atoms. The third kappa shape index (κ3) is 3.29. The molecular formula is C19H25NO6S. The van der Waals surface area contributed by atoms with Crippen molar-refractivity contribution in [2.75, 3.05) is 19.8 Å². The van der Waals surface area contributed by atoms with E-state index in [1.165, 1.54) is 16.4 Å². The van der Waals surface area contributed by atoms with E-state index < -0.39 is 22.0 Å². The Labute approximate surface area is 159 Å². The Hall–Kier alpha value is -1.80. The molecule has 3 aliphatic rings. The zero-order valence-corrected chi connectivity index (χ0v) is 16.2. The number of piperidine rings is 1. The Morgan fingerprint density at radius 1 is 1.22 bits per heavy atom. The molecular weight excluding hydrogens is 370 g/mol. The number of rotatable bonds is 6. The van der Waals surface area contributed by atoms with Gasteiger partial charge in [0, 0.05) is 12.1 Å². The molecule has 1 aliphatic carbocycles. The maximum absolute atomic E-state index is 13.4. The molecule has 2 heterocycles. The molecule has 2 bridgehead atoms. The van der Waals surface area contributed by atoms with Gasteiger partial charge in [0.25, 0.3) is 0 Å². The van der Waals surface area contributed by atoms with E-state index in [4.69, 9.17) is 14.2 Å². The molecule has 7 nitrogen and oxygen atoms in total. The van der Waals surface area contributed by atoms with Crippen molar-refractivity contribution in [2.24, 2.45) is 5.92 Å². The van der Waals surface area contributed by atoms with Crippen LogP contribution in [0.2, 0.25) is 0 Å². The number of benzene rings is 1. The van der Waals surface area contributed by atoms with E-state index in [9.17, 15) is 13.2 Å². The average Bonchev–Trinajstić information content (AvgIpc) is 3.29. The van der Waals surface area contributed by atoms with Crippen molar-refractivity contribution in [1.82, 2.24) is 4.31 Å². The molecule has 2 aliphatic heterocycles. The monoisotopic (exact) mass is 395 g/mol. The Morgan fingerprint density at radius 2 is 2.00 bits per heavy atom. The zero-order valence-electron chi connectivity index (χ0n) is 15.4. The minimum Gasteiger partial charge on any atom is -0.486 e. The standard InChI is InChI=1S/C19H25NO6S/c1-2-3-8-26-19(21)18-13-4-5-14(11-13)20(18)27(22,23)15-6-7-16-17(12-15)25-10-9-24-16/h6-7,12-14,18H,2-5,8-11H2,1H3. The molecule has 0 aromatic heterocycles. The molecule has 4 rings (SSSR count). The summed E-state index contributed by atoms with van der Waals surface area (Å²) < 4.78 is 44.5. The number of nitrogens with zero attached hydrogens (tertiary/aromatic N) is 1. The number of carbonyl (C=O) groups is 1. The maximum atomic E-state index is 13.4. The number of carbonyl (C=O) groups excluding carboxylic acids is 1. The molecule has 1 saturated carbocycles. The topological polar surface area (TPSA) is 82.1 Å². The number of unbranched alkanes of at least 4 members (excludes halogenated alkanes) is 1. The van der Waals surface area contributed by atoms with Gasteiger partial charge < -0.3 is 14.2 Å². The first-order valence-corrected chi connectivity index (χ1v) is 11.1. The fourth-order valence-corrected chi connectivity index (χ4v) is 6.18. The summed E-state index contributed by atoms with van der Waals surface area (Å²) in [5.41, 5.74) is 0. The lowest BCUT2D eigenvalue weighted by molar-refractivity contribution is -0.149. The largest absolute Gasteiger partial charge is 0.486 e. The van der Waals surface area contributed by atoms with Gasteiger partial charge in [-0.15, -0.1) is 0 Å². The second-order valence-corrected chi connectivity index (χ2v) is 9.18. The summed E-state index contributed by atoms with van der Waals surface area (Å²) in [4.78, 5) is 12.8. The molecule has 1 aromatic carbocycles. The van der Waals surface area contributed by atoms with E-state index in [1.54, 1.807) is 6.07 Å². The summed E-state index contributed by atoms with van der Waals surface area (Å²) >= 11 is 0. The highest BCUT2D eigenvalue weighted by Crippen LogP contribution is 2.46. The molecule has 1 saturated heterocycles. The van der Waals surface area contributed by atoms with Gasteiger partial charge in [0.2, 0.25) is 10.0 Å². The second kappa shape index (κ2) is 7.31. The lowest BCUT2D eigenvalue weighted by atomic mass is 10.0. The summed E-state index contributed by atoms with van der Waals surface area (Å²) in [5.74, 6) is 0.584. The van der Waals surface area contributed by atoms with E-state index >= 15 is 0 Å². The normalized spacial score (nSPS) is 26.9. The number of fused-ring (bicyclic) bond motifs is 3. The Balaban J connectivity index is 1.62. The molecule has 2 fully saturated rings. The van der Waals surface area contributed by atoms with Crippen LogP contribution in [-0.2, 0) is 19.6 Å². The predicted octanol–water partition coefficient (Wildman–Crippen LogP) is 2.34. The quantitative estimate of drug-likeness (QED) is 0.543. The zero-order chi connectivity index (χ0) is 19.0. The van der Waals surface area contributed by atoms with Gasteiger partial charge in [-0.25, -0.2) is 8.42 Å². The highest BCUT2D eigenvalue weighted by Gasteiger charge is 2.55. The lowest BCUT2D eigenvalue weighted by Crippen LogP contribution is -2.49. The van der Waals surface area contributed by atoms with Crippen LogP contribution >= 0.6 is 0 Å². The van der Waals surface area contributed by atoms with Crippen LogP contribution in [0.4, 0.5) is 0 Å². The fraction of sp³-hybridized carbons (Fsp3) is 0.632. The molecule has 0 radical (unpaired) electrons. The number of sulfonamides is 1. The first kappa shape index (κ1) is 18.6. The molecule has 0 amide bonds. The van der Waals surface area contributed by atoms with E-state index in [-0.39, 0.29) is 16.9 Å².